The zero-order chi connectivity index (χ0) is 28.1. The smallest absolute Gasteiger partial charge is 0.330 e. The number of hydrogen-bond donors (Lipinski definition) is 0. The van der Waals surface area contributed by atoms with Crippen LogP contribution in [0.15, 0.2) is 115 Å². The Hall–Kier alpha value is -4.68. The third kappa shape index (κ3) is 4.14. The molecule has 3 aliphatic rings. The molecule has 7 rings (SSSR count). The predicted molar refractivity (Wildman–Crippen MR) is 157 cm³/mol. The van der Waals surface area contributed by atoms with E-state index in [1.807, 2.05) is 102 Å². The minimum absolute atomic E-state index is 0.348. The van der Waals surface area contributed by atoms with E-state index in [-0.39, 0.29) is 5.91 Å². The van der Waals surface area contributed by atoms with Crippen LogP contribution < -0.4 is 9.80 Å². The van der Waals surface area contributed by atoms with Gasteiger partial charge in [0.05, 0.1) is 23.6 Å². The first-order valence-electron chi connectivity index (χ1n) is 13.5. The molecule has 202 valence electrons. The first kappa shape index (κ1) is 25.3. The zero-order valence-electron chi connectivity index (χ0n) is 21.8. The Bertz CT molecular complexity index is 1650. The minimum atomic E-state index is -1.01. The van der Waals surface area contributed by atoms with E-state index >= 15 is 0 Å². The van der Waals surface area contributed by atoms with Crippen LogP contribution in [0.25, 0.3) is 6.08 Å². The van der Waals surface area contributed by atoms with Crippen molar-refractivity contribution in [3.63, 3.8) is 0 Å². The molecule has 6 nitrogen and oxygen atoms in total. The lowest BCUT2D eigenvalue weighted by Gasteiger charge is -2.36. The summed E-state index contributed by atoms with van der Waals surface area (Å²) in [7, 11) is 0. The molecule has 41 heavy (non-hydrogen) atoms. The highest BCUT2D eigenvalue weighted by atomic mass is 35.5. The van der Waals surface area contributed by atoms with E-state index < -0.39 is 41.9 Å². The topological polar surface area (TPSA) is 66.9 Å². The molecule has 2 amide bonds. The molecule has 0 spiro atoms. The highest BCUT2D eigenvalue weighted by molar-refractivity contribution is 6.31. The molecule has 4 atom stereocenters. The third-order valence-corrected chi connectivity index (χ3v) is 8.40. The van der Waals surface area contributed by atoms with Gasteiger partial charge in [0.2, 0.25) is 11.8 Å². The van der Waals surface area contributed by atoms with Crippen LogP contribution in [0.1, 0.15) is 22.8 Å². The van der Waals surface area contributed by atoms with Gasteiger partial charge in [-0.2, -0.15) is 0 Å². The number of imide groups is 1. The molecule has 0 aromatic heterocycles. The largest absolute Gasteiger partial charge is 0.451 e. The number of anilines is 2. The van der Waals surface area contributed by atoms with Crippen LogP contribution >= 0.6 is 11.6 Å². The third-order valence-electron chi connectivity index (χ3n) is 8.16. The quantitative estimate of drug-likeness (QED) is 0.219. The van der Waals surface area contributed by atoms with Crippen LogP contribution in [0.2, 0.25) is 5.02 Å². The maximum Gasteiger partial charge on any atom is 0.330 e. The van der Waals surface area contributed by atoms with Gasteiger partial charge in [-0.3, -0.25) is 9.59 Å². The molecule has 0 saturated carbocycles. The molecule has 0 radical (unpaired) electrons. The average Bonchev–Trinajstić information content (AvgIpc) is 3.49. The Balaban J connectivity index is 1.32. The van der Waals surface area contributed by atoms with Crippen LogP contribution in [0.4, 0.5) is 11.4 Å². The molecule has 0 bridgehead atoms. The van der Waals surface area contributed by atoms with Crippen molar-refractivity contribution in [2.45, 2.75) is 18.2 Å². The summed E-state index contributed by atoms with van der Waals surface area (Å²) in [5.74, 6) is -3.02. The molecule has 4 aromatic carbocycles. The lowest BCUT2D eigenvalue weighted by atomic mass is 9.88. The van der Waals surface area contributed by atoms with Crippen LogP contribution in [-0.2, 0) is 19.1 Å². The number of esters is 1. The number of hydrogen-bond acceptors (Lipinski definition) is 5. The number of amides is 2. The fourth-order valence-corrected chi connectivity index (χ4v) is 6.61. The van der Waals surface area contributed by atoms with Gasteiger partial charge >= 0.3 is 5.97 Å². The summed E-state index contributed by atoms with van der Waals surface area (Å²) in [5.41, 5.74) is 3.73. The summed E-state index contributed by atoms with van der Waals surface area (Å²) in [6.07, 6.45) is 3.19. The summed E-state index contributed by atoms with van der Waals surface area (Å²) in [4.78, 5) is 45.5. The average molecular weight is 561 g/mol. The first-order valence-corrected chi connectivity index (χ1v) is 13.9. The van der Waals surface area contributed by atoms with E-state index in [0.717, 1.165) is 22.4 Å². The van der Waals surface area contributed by atoms with Crippen LogP contribution in [0, 0.1) is 11.8 Å². The SMILES string of the molecule is O=C(OC(c1ccccc1)c1ccccc1)[C@@H]1[C@@H]2C(=O)N(c3cccc(Cl)c3)C(=O)[C@@H]2[C@@H]2C=Cc3ccccc3N12. The van der Waals surface area contributed by atoms with E-state index in [2.05, 4.69) is 0 Å². The highest BCUT2D eigenvalue weighted by Gasteiger charge is 2.65. The standard InChI is InChI=1S/C34H25ClN2O4/c35-24-15-9-16-25(20-24)36-32(38)28-27-19-18-21-10-7-8-17-26(21)37(27)30(29(28)33(36)39)34(40)41-31(22-11-3-1-4-12-22)23-13-5-2-6-14-23/h1-20,27-31H/t27-,28+,29+,30-/m0/s1. The number of ether oxygens (including phenoxy) is 1. The molecule has 7 heteroatoms. The molecule has 0 aliphatic carbocycles. The van der Waals surface area contributed by atoms with Gasteiger partial charge in [0.1, 0.15) is 6.04 Å². The van der Waals surface area contributed by atoms with Crippen LogP contribution in [-0.4, -0.2) is 29.9 Å². The van der Waals surface area contributed by atoms with E-state index in [9.17, 15) is 14.4 Å². The Kier molecular flexibility index (Phi) is 6.20. The summed E-state index contributed by atoms with van der Waals surface area (Å²) >= 11 is 6.22. The molecule has 0 unspecified atom stereocenters. The van der Waals surface area contributed by atoms with Gasteiger partial charge in [0.15, 0.2) is 6.10 Å². The van der Waals surface area contributed by atoms with E-state index in [1.165, 1.54) is 4.90 Å². The zero-order valence-corrected chi connectivity index (χ0v) is 22.6. The molecule has 3 heterocycles. The van der Waals surface area contributed by atoms with Gasteiger partial charge in [-0.1, -0.05) is 109 Å². The van der Waals surface area contributed by atoms with Crippen molar-refractivity contribution >= 4 is 46.8 Å². The van der Waals surface area contributed by atoms with Gasteiger partial charge in [-0.15, -0.1) is 0 Å². The van der Waals surface area contributed by atoms with Crippen molar-refractivity contribution in [1.29, 1.82) is 0 Å². The van der Waals surface area contributed by atoms with Gasteiger partial charge < -0.3 is 9.64 Å². The molecule has 0 N–H and O–H groups in total. The molecule has 2 fully saturated rings. The van der Waals surface area contributed by atoms with Crippen molar-refractivity contribution in [2.24, 2.45) is 11.8 Å². The number of carbonyl (C=O) groups is 3. The van der Waals surface area contributed by atoms with E-state index in [1.54, 1.807) is 24.3 Å². The first-order chi connectivity index (χ1) is 20.0. The van der Waals surface area contributed by atoms with Crippen molar-refractivity contribution in [1.82, 2.24) is 0 Å². The number of fused-ring (bicyclic) bond motifs is 5. The lowest BCUT2D eigenvalue weighted by molar-refractivity contribution is -0.151. The summed E-state index contributed by atoms with van der Waals surface area (Å²) in [5, 5.41) is 0.415. The molecular formula is C34H25ClN2O4. The fraction of sp³-hybridized carbons (Fsp3) is 0.147. The van der Waals surface area contributed by atoms with Crippen molar-refractivity contribution in [3.8, 4) is 0 Å². The number of nitrogens with zero attached hydrogens (tertiary/aromatic N) is 2. The molecule has 4 aromatic rings. The van der Waals surface area contributed by atoms with Gasteiger partial charge in [0.25, 0.3) is 0 Å². The predicted octanol–water partition coefficient (Wildman–Crippen LogP) is 6.06. The molecule has 2 saturated heterocycles. The fourth-order valence-electron chi connectivity index (χ4n) is 6.42. The second-order valence-corrected chi connectivity index (χ2v) is 10.9. The monoisotopic (exact) mass is 560 g/mol. The Morgan fingerprint density at radius 3 is 2.07 bits per heavy atom. The number of halogens is 1. The van der Waals surface area contributed by atoms with Gasteiger partial charge in [-0.05, 0) is 41.0 Å². The van der Waals surface area contributed by atoms with Crippen molar-refractivity contribution < 1.29 is 19.1 Å². The Labute approximate surface area is 242 Å². The second-order valence-electron chi connectivity index (χ2n) is 10.4. The van der Waals surface area contributed by atoms with E-state index in [4.69, 9.17) is 16.3 Å². The molecular weight excluding hydrogens is 536 g/mol. The number of benzene rings is 4. The van der Waals surface area contributed by atoms with Gasteiger partial charge in [0, 0.05) is 10.7 Å². The number of para-hydroxylation sites is 1. The van der Waals surface area contributed by atoms with Crippen molar-refractivity contribution in [2.75, 3.05) is 9.80 Å². The lowest BCUT2D eigenvalue weighted by Crippen LogP contribution is -2.49. The second kappa shape index (κ2) is 10.1. The van der Waals surface area contributed by atoms with Crippen LogP contribution in [0.5, 0.6) is 0 Å². The number of rotatable bonds is 5. The number of carbonyl (C=O) groups excluding carboxylic acids is 3. The maximum absolute atomic E-state index is 14.4. The molecule has 3 aliphatic heterocycles. The summed E-state index contributed by atoms with van der Waals surface area (Å²) in [6, 6.07) is 31.9. The van der Waals surface area contributed by atoms with E-state index in [0.29, 0.717) is 10.7 Å². The maximum atomic E-state index is 14.4. The minimum Gasteiger partial charge on any atom is -0.451 e. The Morgan fingerprint density at radius 1 is 0.756 bits per heavy atom. The normalized spacial score (nSPS) is 22.5. The Morgan fingerprint density at radius 2 is 1.39 bits per heavy atom. The summed E-state index contributed by atoms with van der Waals surface area (Å²) < 4.78 is 6.31. The van der Waals surface area contributed by atoms with Gasteiger partial charge in [-0.25, -0.2) is 9.69 Å². The van der Waals surface area contributed by atoms with Crippen LogP contribution in [0.3, 0.4) is 0 Å². The van der Waals surface area contributed by atoms with Crippen molar-refractivity contribution in [3.05, 3.63) is 137 Å². The summed E-state index contributed by atoms with van der Waals surface area (Å²) in [6.45, 7) is 0. The highest BCUT2D eigenvalue weighted by Crippen LogP contribution is 2.50.